The number of hydrogen-bond acceptors (Lipinski definition) is 2. The van der Waals surface area contributed by atoms with Gasteiger partial charge in [-0.2, -0.15) is 0 Å². The average molecular weight is 396 g/mol. The van der Waals surface area contributed by atoms with E-state index in [0.29, 0.717) is 6.04 Å². The molecule has 1 atom stereocenters. The molecule has 2 aromatic rings. The molecule has 0 aromatic heterocycles. The summed E-state index contributed by atoms with van der Waals surface area (Å²) in [5.74, 6) is 0. The van der Waals surface area contributed by atoms with E-state index in [1.54, 1.807) is 24.3 Å². The van der Waals surface area contributed by atoms with Crippen molar-refractivity contribution in [2.75, 3.05) is 19.6 Å². The van der Waals surface area contributed by atoms with Crippen LogP contribution in [0.4, 0.5) is 17.6 Å². The molecule has 154 valence electrons. The molecular formula is C22H28F4N2. The van der Waals surface area contributed by atoms with Crippen LogP contribution in [0.25, 0.3) is 0 Å². The van der Waals surface area contributed by atoms with Crippen molar-refractivity contribution in [2.24, 2.45) is 0 Å². The first-order chi connectivity index (χ1) is 13.5. The van der Waals surface area contributed by atoms with Crippen molar-refractivity contribution in [1.29, 1.82) is 0 Å². The molecule has 2 nitrogen and oxygen atoms in total. The van der Waals surface area contributed by atoms with Crippen LogP contribution >= 0.6 is 0 Å². The van der Waals surface area contributed by atoms with Gasteiger partial charge in [0.05, 0.1) is 6.04 Å². The molecule has 1 aliphatic heterocycles. The first kappa shape index (κ1) is 22.4. The fraction of sp³-hybridized carbons (Fsp3) is 0.455. The third-order valence-corrected chi connectivity index (χ3v) is 4.77. The Balaban J connectivity index is 0.00000136. The summed E-state index contributed by atoms with van der Waals surface area (Å²) < 4.78 is 51.4. The number of rotatable bonds is 5. The summed E-state index contributed by atoms with van der Waals surface area (Å²) in [7, 11) is 0. The highest BCUT2D eigenvalue weighted by molar-refractivity contribution is 5.36. The number of hydrogen-bond donors (Lipinski definition) is 1. The summed E-state index contributed by atoms with van der Waals surface area (Å²) in [5, 5.41) is 3.38. The van der Waals surface area contributed by atoms with Crippen molar-refractivity contribution >= 4 is 0 Å². The van der Waals surface area contributed by atoms with Crippen LogP contribution < -0.4 is 5.32 Å². The summed E-state index contributed by atoms with van der Waals surface area (Å²) in [6, 6.07) is 12.7. The topological polar surface area (TPSA) is 15.3 Å². The predicted molar refractivity (Wildman–Crippen MR) is 105 cm³/mol. The molecule has 0 aliphatic carbocycles. The third kappa shape index (κ3) is 5.55. The zero-order valence-electron chi connectivity index (χ0n) is 16.5. The lowest BCUT2D eigenvalue weighted by molar-refractivity contribution is 0.151. The molecule has 3 rings (SSSR count). The van der Waals surface area contributed by atoms with Gasteiger partial charge in [-0.3, -0.25) is 4.90 Å². The molecule has 0 spiro atoms. The van der Waals surface area contributed by atoms with Gasteiger partial charge in [-0.05, 0) is 18.1 Å². The lowest BCUT2D eigenvalue weighted by Crippen LogP contribution is -2.50. The van der Waals surface area contributed by atoms with E-state index in [1.165, 1.54) is 24.3 Å². The van der Waals surface area contributed by atoms with Crippen molar-refractivity contribution < 1.29 is 17.6 Å². The summed E-state index contributed by atoms with van der Waals surface area (Å²) in [4.78, 5) is 2.26. The average Bonchev–Trinajstić information content (AvgIpc) is 2.70. The highest BCUT2D eigenvalue weighted by Crippen LogP contribution is 2.32. The smallest absolute Gasteiger partial charge is 0.263 e. The van der Waals surface area contributed by atoms with Gasteiger partial charge in [-0.1, -0.05) is 62.4 Å². The van der Waals surface area contributed by atoms with Gasteiger partial charge in [0.1, 0.15) is 0 Å². The van der Waals surface area contributed by atoms with Crippen LogP contribution in [-0.2, 0) is 0 Å². The molecule has 1 N–H and O–H groups in total. The molecule has 1 unspecified atom stereocenters. The molecule has 6 heteroatoms. The van der Waals surface area contributed by atoms with Crippen LogP contribution in [0.3, 0.4) is 0 Å². The van der Waals surface area contributed by atoms with E-state index in [1.807, 2.05) is 13.8 Å². The predicted octanol–water partition coefficient (Wildman–Crippen LogP) is 5.97. The molecule has 1 saturated heterocycles. The molecular weight excluding hydrogens is 368 g/mol. The van der Waals surface area contributed by atoms with Crippen LogP contribution in [0.1, 0.15) is 61.9 Å². The Labute approximate surface area is 164 Å². The second-order valence-electron chi connectivity index (χ2n) is 6.69. The molecule has 1 fully saturated rings. The number of nitrogens with one attached hydrogen (secondary N) is 1. The lowest BCUT2D eigenvalue weighted by atomic mass is 9.94. The second kappa shape index (κ2) is 10.6. The van der Waals surface area contributed by atoms with Crippen molar-refractivity contribution in [2.45, 2.75) is 45.7 Å². The maximum Gasteiger partial charge on any atom is 0.263 e. The maximum atomic E-state index is 12.9. The van der Waals surface area contributed by atoms with Gasteiger partial charge in [0.25, 0.3) is 12.9 Å². The summed E-state index contributed by atoms with van der Waals surface area (Å²) in [6.45, 7) is 8.49. The zero-order chi connectivity index (χ0) is 20.7. The first-order valence-electron chi connectivity index (χ1n) is 9.69. The Morgan fingerprint density at radius 2 is 1.18 bits per heavy atom. The zero-order valence-corrected chi connectivity index (χ0v) is 16.5. The maximum absolute atomic E-state index is 12.9. The number of benzene rings is 2. The van der Waals surface area contributed by atoms with Crippen molar-refractivity contribution in [3.63, 3.8) is 0 Å². The Bertz CT molecular complexity index is 650. The molecule has 0 saturated carbocycles. The van der Waals surface area contributed by atoms with Gasteiger partial charge in [0.15, 0.2) is 0 Å². The van der Waals surface area contributed by atoms with E-state index < -0.39 is 12.9 Å². The summed E-state index contributed by atoms with van der Waals surface area (Å²) in [6.07, 6.45) is -5.01. The van der Waals surface area contributed by atoms with E-state index in [-0.39, 0.29) is 17.2 Å². The second-order valence-corrected chi connectivity index (χ2v) is 6.69. The van der Waals surface area contributed by atoms with E-state index >= 15 is 0 Å². The van der Waals surface area contributed by atoms with Gasteiger partial charge >= 0.3 is 0 Å². The minimum atomic E-state index is -2.51. The highest BCUT2D eigenvalue weighted by Gasteiger charge is 2.26. The van der Waals surface area contributed by atoms with Gasteiger partial charge in [0.2, 0.25) is 0 Å². The van der Waals surface area contributed by atoms with Crippen LogP contribution in [0.5, 0.6) is 0 Å². The Hall–Kier alpha value is -1.92. The highest BCUT2D eigenvalue weighted by atomic mass is 19.3. The quantitative estimate of drug-likeness (QED) is 0.626. The third-order valence-electron chi connectivity index (χ3n) is 4.77. The first-order valence-corrected chi connectivity index (χ1v) is 9.69. The molecule has 1 aliphatic rings. The van der Waals surface area contributed by atoms with Crippen molar-refractivity contribution in [3.05, 3.63) is 70.8 Å². The molecule has 28 heavy (non-hydrogen) atoms. The number of halogens is 4. The minimum Gasteiger partial charge on any atom is -0.312 e. The van der Waals surface area contributed by atoms with E-state index in [0.717, 1.165) is 30.8 Å². The van der Waals surface area contributed by atoms with E-state index in [9.17, 15) is 17.6 Å². The molecule has 0 radical (unpaired) electrons. The minimum absolute atomic E-state index is 0.0192. The van der Waals surface area contributed by atoms with Crippen molar-refractivity contribution in [3.8, 4) is 0 Å². The molecule has 1 heterocycles. The Morgan fingerprint density at radius 1 is 0.786 bits per heavy atom. The monoisotopic (exact) mass is 396 g/mol. The summed E-state index contributed by atoms with van der Waals surface area (Å²) >= 11 is 0. The van der Waals surface area contributed by atoms with Crippen molar-refractivity contribution in [1.82, 2.24) is 10.2 Å². The molecule has 0 amide bonds. The van der Waals surface area contributed by atoms with Crippen LogP contribution in [0, 0.1) is 0 Å². The molecule has 0 bridgehead atoms. The fourth-order valence-corrected chi connectivity index (χ4v) is 3.46. The van der Waals surface area contributed by atoms with Gasteiger partial charge in [-0.25, -0.2) is 17.6 Å². The Kier molecular flexibility index (Phi) is 8.45. The van der Waals surface area contributed by atoms with Gasteiger partial charge < -0.3 is 5.32 Å². The van der Waals surface area contributed by atoms with Gasteiger partial charge in [0, 0.05) is 36.8 Å². The van der Waals surface area contributed by atoms with E-state index in [2.05, 4.69) is 17.1 Å². The Morgan fingerprint density at radius 3 is 1.54 bits per heavy atom. The normalized spacial score (nSPS) is 17.7. The number of piperazine rings is 1. The van der Waals surface area contributed by atoms with Crippen LogP contribution in [0.2, 0.25) is 0 Å². The lowest BCUT2D eigenvalue weighted by Gasteiger charge is -2.38. The summed E-state index contributed by atoms with van der Waals surface area (Å²) in [5.41, 5.74) is 1.73. The van der Waals surface area contributed by atoms with Crippen LogP contribution in [0.15, 0.2) is 48.5 Å². The van der Waals surface area contributed by atoms with Crippen LogP contribution in [-0.4, -0.2) is 30.6 Å². The largest absolute Gasteiger partial charge is 0.312 e. The standard InChI is InChI=1S/C20H22F4N2.C2H6/c1-13-12-26(11-10-25-13)18(14-2-6-16(7-3-14)19(21)22)15-4-8-17(9-5-15)20(23)24;1-2/h2-9,13,18-20,25H,10-12H2,1H3;1-2H3. The molecule has 2 aromatic carbocycles. The number of nitrogens with zero attached hydrogens (tertiary/aromatic N) is 1. The number of alkyl halides is 4. The van der Waals surface area contributed by atoms with E-state index in [4.69, 9.17) is 0 Å². The van der Waals surface area contributed by atoms with Gasteiger partial charge in [-0.15, -0.1) is 0 Å². The SMILES string of the molecule is CC.CC1CN(C(c2ccc(C(F)F)cc2)c2ccc(C(F)F)cc2)CCN1. The fourth-order valence-electron chi connectivity index (χ4n) is 3.46.